The van der Waals surface area contributed by atoms with Crippen molar-refractivity contribution in [3.8, 4) is 0 Å². The Morgan fingerprint density at radius 3 is 2.69 bits per heavy atom. The van der Waals surface area contributed by atoms with E-state index in [9.17, 15) is 0 Å². The molecule has 3 N–H and O–H groups in total. The first kappa shape index (κ1) is 15.6. The number of H-pyrrole nitrogens is 1. The molecule has 16 heavy (non-hydrogen) atoms. The minimum Gasteiger partial charge on any atom is -0.341 e. The summed E-state index contributed by atoms with van der Waals surface area (Å²) in [7, 11) is 0. The first-order chi connectivity index (χ1) is 6.81. The summed E-state index contributed by atoms with van der Waals surface area (Å²) in [5, 5.41) is 0. The van der Waals surface area contributed by atoms with Crippen LogP contribution in [0.15, 0.2) is 24.3 Å². The molecule has 0 aliphatic rings. The van der Waals surface area contributed by atoms with E-state index in [1.807, 2.05) is 30.5 Å². The zero-order valence-corrected chi connectivity index (χ0v) is 11.3. The summed E-state index contributed by atoms with van der Waals surface area (Å²) in [5.41, 5.74) is 7.99. The molecule has 90 valence electrons. The number of aromatic amines is 1. The second-order valence-electron chi connectivity index (χ2n) is 3.20. The Bertz CT molecular complexity index is 400. The fourth-order valence-corrected chi connectivity index (χ4v) is 1.92. The van der Waals surface area contributed by atoms with Gasteiger partial charge in [-0.1, -0.05) is 12.1 Å². The number of hydrogen-bond acceptors (Lipinski definition) is 3. The molecular weight excluding hydrogens is 265 g/mol. The highest BCUT2D eigenvalue weighted by atomic mass is 35.5. The van der Waals surface area contributed by atoms with E-state index in [4.69, 9.17) is 5.73 Å². The molecule has 1 unspecified atom stereocenters. The van der Waals surface area contributed by atoms with Crippen LogP contribution in [-0.2, 0) is 0 Å². The normalized spacial score (nSPS) is 11.6. The third-order valence-corrected chi connectivity index (χ3v) is 2.80. The van der Waals surface area contributed by atoms with E-state index in [0.29, 0.717) is 0 Å². The number of benzene rings is 1. The Morgan fingerprint density at radius 2 is 2.06 bits per heavy atom. The highest BCUT2D eigenvalue weighted by Crippen LogP contribution is 2.16. The van der Waals surface area contributed by atoms with Crippen LogP contribution in [0.1, 0.15) is 11.9 Å². The zero-order valence-electron chi connectivity index (χ0n) is 8.84. The molecular formula is C10H15Cl2N3S. The number of aromatic nitrogens is 2. The van der Waals surface area contributed by atoms with Crippen LogP contribution in [0.3, 0.4) is 0 Å². The number of imidazole rings is 1. The van der Waals surface area contributed by atoms with Crippen LogP contribution in [-0.4, -0.2) is 22.0 Å². The standard InChI is InChI=1S/C10H13N3S.2ClH/c1-14-6-7(11)10-12-8-4-2-3-5-9(8)13-10;;/h2-5,7H,6,11H2,1H3,(H,12,13);2*1H. The van der Waals surface area contributed by atoms with E-state index in [2.05, 4.69) is 9.97 Å². The van der Waals surface area contributed by atoms with Crippen LogP contribution in [0.5, 0.6) is 0 Å². The number of hydrogen-bond donors (Lipinski definition) is 2. The summed E-state index contributed by atoms with van der Waals surface area (Å²) in [5.74, 6) is 1.76. The van der Waals surface area contributed by atoms with Gasteiger partial charge in [0.15, 0.2) is 0 Å². The SMILES string of the molecule is CSCC(N)c1nc2ccccc2[nH]1.Cl.Cl. The van der Waals surface area contributed by atoms with E-state index >= 15 is 0 Å². The molecule has 0 fully saturated rings. The number of rotatable bonds is 3. The third kappa shape index (κ3) is 3.28. The molecule has 0 spiro atoms. The first-order valence-electron chi connectivity index (χ1n) is 4.50. The lowest BCUT2D eigenvalue weighted by atomic mass is 10.3. The maximum atomic E-state index is 5.95. The number of nitrogens with two attached hydrogens (primary N) is 1. The third-order valence-electron chi connectivity index (χ3n) is 2.11. The van der Waals surface area contributed by atoms with E-state index in [0.717, 1.165) is 22.6 Å². The summed E-state index contributed by atoms with van der Waals surface area (Å²) in [4.78, 5) is 7.67. The fraction of sp³-hybridized carbons (Fsp3) is 0.300. The van der Waals surface area contributed by atoms with Gasteiger partial charge in [0.25, 0.3) is 0 Å². The summed E-state index contributed by atoms with van der Waals surface area (Å²) in [6.07, 6.45) is 2.04. The fourth-order valence-electron chi connectivity index (χ4n) is 1.41. The average Bonchev–Trinajstić information content (AvgIpc) is 2.61. The van der Waals surface area contributed by atoms with Gasteiger partial charge in [-0.15, -0.1) is 24.8 Å². The number of nitrogens with one attached hydrogen (secondary N) is 1. The Morgan fingerprint density at radius 1 is 1.38 bits per heavy atom. The zero-order chi connectivity index (χ0) is 9.97. The molecule has 0 amide bonds. The van der Waals surface area contributed by atoms with Crippen LogP contribution < -0.4 is 5.73 Å². The molecule has 2 aromatic rings. The van der Waals surface area contributed by atoms with E-state index in [1.165, 1.54) is 0 Å². The topological polar surface area (TPSA) is 54.7 Å². The average molecular weight is 280 g/mol. The van der Waals surface area contributed by atoms with Crippen molar-refractivity contribution in [1.82, 2.24) is 9.97 Å². The quantitative estimate of drug-likeness (QED) is 0.909. The summed E-state index contributed by atoms with van der Waals surface area (Å²) < 4.78 is 0. The van der Waals surface area contributed by atoms with Crippen LogP contribution >= 0.6 is 36.6 Å². The van der Waals surface area contributed by atoms with Gasteiger partial charge in [-0.25, -0.2) is 4.98 Å². The Labute approximate surface area is 111 Å². The number of halogens is 2. The van der Waals surface area contributed by atoms with Crippen LogP contribution in [0.2, 0.25) is 0 Å². The number of nitrogens with zero attached hydrogens (tertiary/aromatic N) is 1. The highest BCUT2D eigenvalue weighted by Gasteiger charge is 2.09. The molecule has 0 aliphatic carbocycles. The number of fused-ring (bicyclic) bond motifs is 1. The first-order valence-corrected chi connectivity index (χ1v) is 5.90. The van der Waals surface area contributed by atoms with Crippen molar-refractivity contribution in [3.63, 3.8) is 0 Å². The second kappa shape index (κ2) is 7.01. The lowest BCUT2D eigenvalue weighted by Crippen LogP contribution is -2.14. The molecule has 0 radical (unpaired) electrons. The van der Waals surface area contributed by atoms with Gasteiger partial charge in [0.1, 0.15) is 5.82 Å². The van der Waals surface area contributed by atoms with Crippen molar-refractivity contribution in [1.29, 1.82) is 0 Å². The molecule has 6 heteroatoms. The maximum Gasteiger partial charge on any atom is 0.125 e. The minimum absolute atomic E-state index is 0. The van der Waals surface area contributed by atoms with Gasteiger partial charge < -0.3 is 10.7 Å². The molecule has 0 aliphatic heterocycles. The van der Waals surface area contributed by atoms with Crippen molar-refractivity contribution >= 4 is 47.6 Å². The Hall–Kier alpha value is -0.420. The van der Waals surface area contributed by atoms with Crippen molar-refractivity contribution in [2.75, 3.05) is 12.0 Å². The number of thioether (sulfide) groups is 1. The summed E-state index contributed by atoms with van der Waals surface area (Å²) in [6.45, 7) is 0. The van der Waals surface area contributed by atoms with E-state index in [1.54, 1.807) is 11.8 Å². The maximum absolute atomic E-state index is 5.95. The van der Waals surface area contributed by atoms with Gasteiger partial charge in [0.05, 0.1) is 17.1 Å². The summed E-state index contributed by atoms with van der Waals surface area (Å²) in [6, 6.07) is 7.97. The molecule has 1 heterocycles. The monoisotopic (exact) mass is 279 g/mol. The minimum atomic E-state index is -0.00241. The second-order valence-corrected chi connectivity index (χ2v) is 4.11. The van der Waals surface area contributed by atoms with Gasteiger partial charge >= 0.3 is 0 Å². The largest absolute Gasteiger partial charge is 0.341 e. The van der Waals surface area contributed by atoms with E-state index in [-0.39, 0.29) is 30.9 Å². The number of para-hydroxylation sites is 2. The van der Waals surface area contributed by atoms with Crippen LogP contribution in [0.4, 0.5) is 0 Å². The van der Waals surface area contributed by atoms with Gasteiger partial charge in [-0.2, -0.15) is 11.8 Å². The van der Waals surface area contributed by atoms with Gasteiger partial charge in [-0.3, -0.25) is 0 Å². The van der Waals surface area contributed by atoms with Gasteiger partial charge in [0.2, 0.25) is 0 Å². The van der Waals surface area contributed by atoms with Crippen molar-refractivity contribution in [3.05, 3.63) is 30.1 Å². The Balaban J connectivity index is 0.00000112. The highest BCUT2D eigenvalue weighted by molar-refractivity contribution is 7.98. The molecule has 1 atom stereocenters. The Kier molecular flexibility index (Phi) is 6.83. The molecule has 0 bridgehead atoms. The summed E-state index contributed by atoms with van der Waals surface area (Å²) >= 11 is 1.73. The van der Waals surface area contributed by atoms with Crippen LogP contribution in [0, 0.1) is 0 Å². The van der Waals surface area contributed by atoms with E-state index < -0.39 is 0 Å². The lowest BCUT2D eigenvalue weighted by Gasteiger charge is -2.04. The van der Waals surface area contributed by atoms with Crippen molar-refractivity contribution in [2.45, 2.75) is 6.04 Å². The molecule has 0 saturated carbocycles. The van der Waals surface area contributed by atoms with Crippen molar-refractivity contribution < 1.29 is 0 Å². The van der Waals surface area contributed by atoms with Crippen LogP contribution in [0.25, 0.3) is 11.0 Å². The molecule has 1 aromatic heterocycles. The predicted molar refractivity (Wildman–Crippen MR) is 75.9 cm³/mol. The predicted octanol–water partition coefficient (Wildman–Crippen LogP) is 2.77. The van der Waals surface area contributed by atoms with Gasteiger partial charge in [0, 0.05) is 5.75 Å². The molecule has 3 nitrogen and oxygen atoms in total. The molecule has 1 aromatic carbocycles. The molecule has 0 saturated heterocycles. The lowest BCUT2D eigenvalue weighted by molar-refractivity contribution is 0.772. The van der Waals surface area contributed by atoms with Crippen molar-refractivity contribution in [2.24, 2.45) is 5.73 Å². The molecule has 2 rings (SSSR count). The van der Waals surface area contributed by atoms with Gasteiger partial charge in [-0.05, 0) is 18.4 Å². The smallest absolute Gasteiger partial charge is 0.125 e.